The lowest BCUT2D eigenvalue weighted by Gasteiger charge is -2.15. The molecule has 0 aliphatic rings. The molecule has 1 amide bonds. The molecule has 2 aromatic carbocycles. The number of amides is 1. The lowest BCUT2D eigenvalue weighted by Crippen LogP contribution is -2.30. The predicted octanol–water partition coefficient (Wildman–Crippen LogP) is 4.78. The SMILES string of the molecule is Cc1ccc(CC(=O)O[C@H](C)C(=O)Nc2cc(C(F)(F)F)ccc2Cl)cc1. The van der Waals surface area contributed by atoms with Crippen LogP contribution in [0, 0.1) is 6.92 Å². The fraction of sp³-hybridized carbons (Fsp3) is 0.263. The van der Waals surface area contributed by atoms with E-state index < -0.39 is 29.7 Å². The molecule has 1 N–H and O–H groups in total. The highest BCUT2D eigenvalue weighted by atomic mass is 35.5. The fourth-order valence-electron chi connectivity index (χ4n) is 2.20. The second-order valence-corrected chi connectivity index (χ2v) is 6.38. The van der Waals surface area contributed by atoms with E-state index in [9.17, 15) is 22.8 Å². The molecule has 4 nitrogen and oxygen atoms in total. The Morgan fingerprint density at radius 3 is 2.37 bits per heavy atom. The van der Waals surface area contributed by atoms with Gasteiger partial charge in [-0.25, -0.2) is 0 Å². The molecule has 0 heterocycles. The van der Waals surface area contributed by atoms with Crippen molar-refractivity contribution < 1.29 is 27.5 Å². The van der Waals surface area contributed by atoms with Gasteiger partial charge in [0.25, 0.3) is 5.91 Å². The lowest BCUT2D eigenvalue weighted by atomic mass is 10.1. The summed E-state index contributed by atoms with van der Waals surface area (Å²) in [7, 11) is 0. The van der Waals surface area contributed by atoms with E-state index in [-0.39, 0.29) is 17.1 Å². The standard InChI is InChI=1S/C19H17ClF3NO3/c1-11-3-5-13(6-4-11)9-17(25)27-12(2)18(26)24-16-10-14(19(21,22)23)7-8-15(16)20/h3-8,10,12H,9H2,1-2H3,(H,24,26)/t12-/m1/s1. The number of alkyl halides is 3. The van der Waals surface area contributed by atoms with Gasteiger partial charge in [0.1, 0.15) is 0 Å². The van der Waals surface area contributed by atoms with Crippen molar-refractivity contribution in [2.45, 2.75) is 32.5 Å². The zero-order chi connectivity index (χ0) is 20.2. The van der Waals surface area contributed by atoms with Gasteiger partial charge in [-0.3, -0.25) is 9.59 Å². The van der Waals surface area contributed by atoms with E-state index >= 15 is 0 Å². The minimum atomic E-state index is -4.57. The van der Waals surface area contributed by atoms with Crippen LogP contribution in [0.5, 0.6) is 0 Å². The maximum atomic E-state index is 12.8. The summed E-state index contributed by atoms with van der Waals surface area (Å²) in [6.45, 7) is 3.23. The molecule has 0 saturated heterocycles. The molecule has 0 aliphatic heterocycles. The summed E-state index contributed by atoms with van der Waals surface area (Å²) in [5, 5.41) is 2.19. The first-order valence-corrected chi connectivity index (χ1v) is 8.36. The van der Waals surface area contributed by atoms with Crippen LogP contribution in [0.4, 0.5) is 18.9 Å². The van der Waals surface area contributed by atoms with Crippen molar-refractivity contribution in [3.63, 3.8) is 0 Å². The van der Waals surface area contributed by atoms with Crippen molar-refractivity contribution in [1.29, 1.82) is 0 Å². The van der Waals surface area contributed by atoms with Crippen molar-refractivity contribution in [2.24, 2.45) is 0 Å². The number of rotatable bonds is 5. The number of aryl methyl sites for hydroxylation is 1. The largest absolute Gasteiger partial charge is 0.452 e. The number of carbonyl (C=O) groups excluding carboxylic acids is 2. The molecule has 1 atom stereocenters. The van der Waals surface area contributed by atoms with E-state index in [1.54, 1.807) is 12.1 Å². The Morgan fingerprint density at radius 2 is 1.78 bits per heavy atom. The molecular formula is C19H17ClF3NO3. The minimum absolute atomic E-state index is 0.0256. The van der Waals surface area contributed by atoms with E-state index in [2.05, 4.69) is 5.32 Å². The average Bonchev–Trinajstić information content (AvgIpc) is 2.57. The molecule has 27 heavy (non-hydrogen) atoms. The van der Waals surface area contributed by atoms with Gasteiger partial charge >= 0.3 is 12.1 Å². The summed E-state index contributed by atoms with van der Waals surface area (Å²) < 4.78 is 43.4. The number of carbonyl (C=O) groups is 2. The van der Waals surface area contributed by atoms with Crippen LogP contribution in [0.3, 0.4) is 0 Å². The first kappa shape index (κ1) is 20.8. The number of hydrogen-bond acceptors (Lipinski definition) is 3. The number of hydrogen-bond donors (Lipinski definition) is 1. The van der Waals surface area contributed by atoms with Crippen LogP contribution >= 0.6 is 11.6 Å². The highest BCUT2D eigenvalue weighted by molar-refractivity contribution is 6.33. The molecule has 0 radical (unpaired) electrons. The number of ether oxygens (including phenoxy) is 1. The lowest BCUT2D eigenvalue weighted by molar-refractivity contribution is -0.152. The maximum absolute atomic E-state index is 12.8. The second-order valence-electron chi connectivity index (χ2n) is 5.98. The Bertz CT molecular complexity index is 835. The van der Waals surface area contributed by atoms with E-state index in [0.717, 1.165) is 29.3 Å². The van der Waals surface area contributed by atoms with Gasteiger partial charge in [0.05, 0.1) is 22.7 Å². The molecule has 0 spiro atoms. The monoisotopic (exact) mass is 399 g/mol. The van der Waals surface area contributed by atoms with E-state index in [1.807, 2.05) is 19.1 Å². The summed E-state index contributed by atoms with van der Waals surface area (Å²) in [5.74, 6) is -1.41. The van der Waals surface area contributed by atoms with Gasteiger partial charge in [-0.05, 0) is 37.6 Å². The van der Waals surface area contributed by atoms with E-state index in [4.69, 9.17) is 16.3 Å². The first-order chi connectivity index (χ1) is 12.6. The third kappa shape index (κ3) is 5.99. The van der Waals surface area contributed by atoms with Gasteiger partial charge in [-0.15, -0.1) is 0 Å². The Kier molecular flexibility index (Phi) is 6.49. The zero-order valence-corrected chi connectivity index (χ0v) is 15.3. The number of benzene rings is 2. The molecule has 0 fully saturated rings. The van der Waals surface area contributed by atoms with Crippen LogP contribution in [-0.2, 0) is 26.9 Å². The maximum Gasteiger partial charge on any atom is 0.416 e. The molecule has 144 valence electrons. The third-order valence-electron chi connectivity index (χ3n) is 3.70. The van der Waals surface area contributed by atoms with Gasteiger partial charge in [-0.1, -0.05) is 41.4 Å². The van der Waals surface area contributed by atoms with Crippen LogP contribution in [0.25, 0.3) is 0 Å². The highest BCUT2D eigenvalue weighted by Crippen LogP contribution is 2.33. The molecule has 0 aromatic heterocycles. The normalized spacial score (nSPS) is 12.4. The van der Waals surface area contributed by atoms with Crippen LogP contribution in [-0.4, -0.2) is 18.0 Å². The molecule has 8 heteroatoms. The van der Waals surface area contributed by atoms with Gasteiger partial charge < -0.3 is 10.1 Å². The van der Waals surface area contributed by atoms with Crippen molar-refractivity contribution in [2.75, 3.05) is 5.32 Å². The number of halogens is 4. The summed E-state index contributed by atoms with van der Waals surface area (Å²) in [6, 6.07) is 9.79. The summed E-state index contributed by atoms with van der Waals surface area (Å²) in [5.41, 5.74) is 0.598. The van der Waals surface area contributed by atoms with Crippen molar-refractivity contribution >= 4 is 29.2 Å². The van der Waals surface area contributed by atoms with E-state index in [0.29, 0.717) is 0 Å². The van der Waals surface area contributed by atoms with Crippen LogP contribution in [0.1, 0.15) is 23.6 Å². The minimum Gasteiger partial charge on any atom is -0.452 e. The Labute approximate surface area is 159 Å². The zero-order valence-electron chi connectivity index (χ0n) is 14.6. The molecule has 0 unspecified atom stereocenters. The molecular weight excluding hydrogens is 383 g/mol. The smallest absolute Gasteiger partial charge is 0.416 e. The van der Waals surface area contributed by atoms with Crippen molar-refractivity contribution in [3.05, 3.63) is 64.2 Å². The van der Waals surface area contributed by atoms with Crippen molar-refractivity contribution in [3.8, 4) is 0 Å². The number of esters is 1. The fourth-order valence-corrected chi connectivity index (χ4v) is 2.36. The molecule has 0 aliphatic carbocycles. The Morgan fingerprint density at radius 1 is 1.15 bits per heavy atom. The summed E-state index contributed by atoms with van der Waals surface area (Å²) in [6.07, 6.45) is -5.80. The quantitative estimate of drug-likeness (QED) is 0.736. The second kappa shape index (κ2) is 8.43. The van der Waals surface area contributed by atoms with Crippen LogP contribution in [0.15, 0.2) is 42.5 Å². The number of nitrogens with one attached hydrogen (secondary N) is 1. The first-order valence-electron chi connectivity index (χ1n) is 7.99. The summed E-state index contributed by atoms with van der Waals surface area (Å²) >= 11 is 5.83. The third-order valence-corrected chi connectivity index (χ3v) is 4.03. The summed E-state index contributed by atoms with van der Waals surface area (Å²) in [4.78, 5) is 24.1. The van der Waals surface area contributed by atoms with Gasteiger partial charge in [0, 0.05) is 0 Å². The van der Waals surface area contributed by atoms with Gasteiger partial charge in [0.15, 0.2) is 6.10 Å². The van der Waals surface area contributed by atoms with Crippen LogP contribution < -0.4 is 5.32 Å². The molecule has 2 aromatic rings. The predicted molar refractivity (Wildman–Crippen MR) is 95.5 cm³/mol. The highest BCUT2D eigenvalue weighted by Gasteiger charge is 2.31. The molecule has 0 saturated carbocycles. The Hall–Kier alpha value is -2.54. The Balaban J connectivity index is 1.99. The van der Waals surface area contributed by atoms with E-state index in [1.165, 1.54) is 6.92 Å². The topological polar surface area (TPSA) is 55.4 Å². The number of anilines is 1. The van der Waals surface area contributed by atoms with Gasteiger partial charge in [-0.2, -0.15) is 13.2 Å². The average molecular weight is 400 g/mol. The molecule has 2 rings (SSSR count). The van der Waals surface area contributed by atoms with Gasteiger partial charge in [0.2, 0.25) is 0 Å². The molecule has 0 bridgehead atoms. The van der Waals surface area contributed by atoms with Crippen molar-refractivity contribution in [1.82, 2.24) is 0 Å². The van der Waals surface area contributed by atoms with Crippen LogP contribution in [0.2, 0.25) is 5.02 Å².